The zero-order chi connectivity index (χ0) is 13.2. The van der Waals surface area contributed by atoms with E-state index in [9.17, 15) is 4.39 Å². The Morgan fingerprint density at radius 1 is 1.37 bits per heavy atom. The van der Waals surface area contributed by atoms with E-state index in [1.165, 1.54) is 13.2 Å². The van der Waals surface area contributed by atoms with Crippen molar-refractivity contribution in [2.24, 2.45) is 0 Å². The van der Waals surface area contributed by atoms with Crippen molar-refractivity contribution < 1.29 is 18.6 Å². The molecule has 0 unspecified atom stereocenters. The van der Waals surface area contributed by atoms with Crippen LogP contribution in [-0.2, 0) is 6.54 Å². The molecule has 0 atom stereocenters. The Morgan fingerprint density at radius 2 is 2.16 bits per heavy atom. The quantitative estimate of drug-likeness (QED) is 0.885. The van der Waals surface area contributed by atoms with Gasteiger partial charge >= 0.3 is 0 Å². The number of nitrogens with zero attached hydrogens (tertiary/aromatic N) is 1. The fourth-order valence-corrected chi connectivity index (χ4v) is 2.52. The van der Waals surface area contributed by atoms with Crippen LogP contribution in [0.5, 0.6) is 17.2 Å². The molecule has 1 aromatic rings. The van der Waals surface area contributed by atoms with E-state index in [2.05, 4.69) is 10.2 Å². The summed E-state index contributed by atoms with van der Waals surface area (Å²) in [4.78, 5) is 2.25. The maximum Gasteiger partial charge on any atom is 0.231 e. The van der Waals surface area contributed by atoms with E-state index in [0.717, 1.165) is 31.7 Å². The average Bonchev–Trinajstić information content (AvgIpc) is 2.88. The molecule has 0 amide bonds. The van der Waals surface area contributed by atoms with E-state index in [0.29, 0.717) is 18.0 Å². The number of nitrogens with one attached hydrogen (secondary N) is 1. The Balaban J connectivity index is 1.93. The second-order valence-electron chi connectivity index (χ2n) is 4.63. The maximum absolute atomic E-state index is 14.0. The van der Waals surface area contributed by atoms with Crippen LogP contribution in [0.15, 0.2) is 6.07 Å². The Kier molecular flexibility index (Phi) is 3.44. The van der Waals surface area contributed by atoms with Gasteiger partial charge in [-0.1, -0.05) is 0 Å². The van der Waals surface area contributed by atoms with Crippen molar-refractivity contribution in [3.63, 3.8) is 0 Å². The van der Waals surface area contributed by atoms with Gasteiger partial charge in [-0.05, 0) is 0 Å². The topological polar surface area (TPSA) is 43.0 Å². The van der Waals surface area contributed by atoms with Crippen molar-refractivity contribution >= 4 is 0 Å². The number of methoxy groups -OCH3 is 1. The molecule has 0 spiro atoms. The van der Waals surface area contributed by atoms with Crippen LogP contribution in [0.3, 0.4) is 0 Å². The van der Waals surface area contributed by atoms with E-state index in [1.807, 2.05) is 0 Å². The first kappa shape index (κ1) is 12.5. The summed E-state index contributed by atoms with van der Waals surface area (Å²) in [6, 6.07) is 1.32. The highest BCUT2D eigenvalue weighted by Crippen LogP contribution is 2.43. The molecule has 6 heteroatoms. The third kappa shape index (κ3) is 2.33. The third-order valence-corrected chi connectivity index (χ3v) is 3.46. The molecule has 104 valence electrons. The largest absolute Gasteiger partial charge is 0.493 e. The molecule has 3 rings (SSSR count). The van der Waals surface area contributed by atoms with E-state index >= 15 is 0 Å². The molecule has 5 nitrogen and oxygen atoms in total. The van der Waals surface area contributed by atoms with Crippen molar-refractivity contribution in [1.29, 1.82) is 0 Å². The number of benzene rings is 1. The first-order valence-electron chi connectivity index (χ1n) is 6.37. The second kappa shape index (κ2) is 5.22. The summed E-state index contributed by atoms with van der Waals surface area (Å²) in [5.41, 5.74) is 0.733. The number of hydrogen-bond acceptors (Lipinski definition) is 5. The van der Waals surface area contributed by atoms with Gasteiger partial charge in [0.25, 0.3) is 0 Å². The lowest BCUT2D eigenvalue weighted by molar-refractivity contribution is 0.170. The molecule has 0 saturated carbocycles. The molecular weight excluding hydrogens is 251 g/mol. The standard InChI is InChI=1S/C13H17FN2O3/c1-17-12-9(7-16-4-2-15-3-5-16)13-11(6-10(12)14)18-8-19-13/h6,15H,2-5,7-8H2,1H3. The van der Waals surface area contributed by atoms with Crippen LogP contribution >= 0.6 is 0 Å². The van der Waals surface area contributed by atoms with Gasteiger partial charge < -0.3 is 19.5 Å². The molecule has 2 aliphatic rings. The monoisotopic (exact) mass is 268 g/mol. The summed E-state index contributed by atoms with van der Waals surface area (Å²) < 4.78 is 29.9. The number of piperazine rings is 1. The molecule has 19 heavy (non-hydrogen) atoms. The first-order valence-corrected chi connectivity index (χ1v) is 6.37. The van der Waals surface area contributed by atoms with Gasteiger partial charge in [0, 0.05) is 38.8 Å². The zero-order valence-electron chi connectivity index (χ0n) is 10.9. The Labute approximate surface area is 111 Å². The van der Waals surface area contributed by atoms with Crippen LogP contribution in [-0.4, -0.2) is 45.0 Å². The molecule has 0 aromatic heterocycles. The minimum absolute atomic E-state index is 0.135. The SMILES string of the molecule is COc1c(F)cc2c(c1CN1CCNCC1)OCO2. The minimum atomic E-state index is -0.406. The molecule has 0 radical (unpaired) electrons. The Hall–Kier alpha value is -1.53. The van der Waals surface area contributed by atoms with E-state index in [1.54, 1.807) is 0 Å². The van der Waals surface area contributed by atoms with Crippen LogP contribution in [0.1, 0.15) is 5.56 Å². The minimum Gasteiger partial charge on any atom is -0.493 e. The summed E-state index contributed by atoms with van der Waals surface area (Å²) in [7, 11) is 1.47. The smallest absolute Gasteiger partial charge is 0.231 e. The van der Waals surface area contributed by atoms with Crippen molar-refractivity contribution in [2.45, 2.75) is 6.54 Å². The summed E-state index contributed by atoms with van der Waals surface area (Å²) in [5, 5.41) is 3.29. The van der Waals surface area contributed by atoms with Gasteiger partial charge in [0.1, 0.15) is 0 Å². The number of halogens is 1. The van der Waals surface area contributed by atoms with Crippen molar-refractivity contribution in [3.05, 3.63) is 17.4 Å². The number of fused-ring (bicyclic) bond motifs is 1. The highest BCUT2D eigenvalue weighted by Gasteiger charge is 2.27. The van der Waals surface area contributed by atoms with Crippen LogP contribution in [0.4, 0.5) is 4.39 Å². The highest BCUT2D eigenvalue weighted by atomic mass is 19.1. The molecule has 1 fully saturated rings. The van der Waals surface area contributed by atoms with Crippen molar-refractivity contribution in [1.82, 2.24) is 10.2 Å². The lowest BCUT2D eigenvalue weighted by Crippen LogP contribution is -2.43. The van der Waals surface area contributed by atoms with E-state index in [-0.39, 0.29) is 12.5 Å². The van der Waals surface area contributed by atoms with Gasteiger partial charge in [-0.15, -0.1) is 0 Å². The molecule has 1 aromatic carbocycles. The number of rotatable bonds is 3. The van der Waals surface area contributed by atoms with E-state index in [4.69, 9.17) is 14.2 Å². The Bertz CT molecular complexity index is 472. The third-order valence-electron chi connectivity index (χ3n) is 3.46. The predicted molar refractivity (Wildman–Crippen MR) is 67.2 cm³/mol. The van der Waals surface area contributed by atoms with Crippen molar-refractivity contribution in [2.75, 3.05) is 40.1 Å². The molecule has 0 aliphatic carbocycles. The first-order chi connectivity index (χ1) is 9.29. The fourth-order valence-electron chi connectivity index (χ4n) is 2.52. The van der Waals surface area contributed by atoms with Crippen LogP contribution in [0, 0.1) is 5.82 Å². The summed E-state index contributed by atoms with van der Waals surface area (Å²) in [5.74, 6) is 0.917. The highest BCUT2D eigenvalue weighted by molar-refractivity contribution is 5.55. The molecule has 2 aliphatic heterocycles. The van der Waals surface area contributed by atoms with Crippen molar-refractivity contribution in [3.8, 4) is 17.2 Å². The molecular formula is C13H17FN2O3. The average molecular weight is 268 g/mol. The van der Waals surface area contributed by atoms with Crippen LogP contribution in [0.25, 0.3) is 0 Å². The second-order valence-corrected chi connectivity index (χ2v) is 4.63. The predicted octanol–water partition coefficient (Wildman–Crippen LogP) is 0.968. The lowest BCUT2D eigenvalue weighted by atomic mass is 10.1. The van der Waals surface area contributed by atoms with Gasteiger partial charge in [0.15, 0.2) is 23.1 Å². The Morgan fingerprint density at radius 3 is 2.89 bits per heavy atom. The van der Waals surface area contributed by atoms with Gasteiger partial charge in [0.2, 0.25) is 6.79 Å². The number of hydrogen-bond donors (Lipinski definition) is 1. The number of ether oxygens (including phenoxy) is 3. The lowest BCUT2D eigenvalue weighted by Gasteiger charge is -2.28. The summed E-state index contributed by atoms with van der Waals surface area (Å²) >= 11 is 0. The van der Waals surface area contributed by atoms with Gasteiger partial charge in [-0.2, -0.15) is 0 Å². The van der Waals surface area contributed by atoms with Gasteiger partial charge in [-0.3, -0.25) is 4.90 Å². The van der Waals surface area contributed by atoms with Crippen LogP contribution < -0.4 is 19.5 Å². The van der Waals surface area contributed by atoms with E-state index < -0.39 is 5.82 Å². The zero-order valence-corrected chi connectivity index (χ0v) is 10.9. The molecule has 2 heterocycles. The molecule has 1 saturated heterocycles. The van der Waals surface area contributed by atoms with Gasteiger partial charge in [0.05, 0.1) is 12.7 Å². The molecule has 1 N–H and O–H groups in total. The summed E-state index contributed by atoms with van der Waals surface area (Å²) in [6.45, 7) is 4.48. The molecule has 0 bridgehead atoms. The maximum atomic E-state index is 14.0. The summed E-state index contributed by atoms with van der Waals surface area (Å²) in [6.07, 6.45) is 0. The van der Waals surface area contributed by atoms with Crippen LogP contribution in [0.2, 0.25) is 0 Å². The fraction of sp³-hybridized carbons (Fsp3) is 0.538. The normalized spacial score (nSPS) is 18.6. The van der Waals surface area contributed by atoms with Gasteiger partial charge in [-0.25, -0.2) is 4.39 Å².